The molecule has 4 rings (SSSR count). The Morgan fingerprint density at radius 3 is 2.63 bits per heavy atom. The minimum atomic E-state index is -1.51. The molecule has 27 heavy (non-hydrogen) atoms. The van der Waals surface area contributed by atoms with Gasteiger partial charge in [0.25, 0.3) is 11.7 Å². The molecule has 1 spiro atoms. The predicted octanol–water partition coefficient (Wildman–Crippen LogP) is 4.32. The molecular weight excluding hydrogens is 389 g/mol. The van der Waals surface area contributed by atoms with E-state index in [1.807, 2.05) is 31.2 Å². The van der Waals surface area contributed by atoms with Gasteiger partial charge in [-0.3, -0.25) is 4.79 Å². The number of hydrogen-bond donors (Lipinski definition) is 0. The zero-order valence-corrected chi connectivity index (χ0v) is 16.3. The number of fused-ring (bicyclic) bond motifs is 2. The second kappa shape index (κ2) is 7.32. The molecule has 0 radical (unpaired) electrons. The first kappa shape index (κ1) is 18.6. The lowest BCUT2D eigenvalue weighted by Gasteiger charge is -2.32. The normalized spacial score (nSPS) is 18.0. The second-order valence-corrected chi connectivity index (χ2v) is 7.36. The van der Waals surface area contributed by atoms with Crippen molar-refractivity contribution >= 4 is 34.8 Å². The second-order valence-electron chi connectivity index (χ2n) is 6.54. The molecule has 1 amide bonds. The molecule has 0 unspecified atom stereocenters. The van der Waals surface area contributed by atoms with Gasteiger partial charge in [0.2, 0.25) is 0 Å². The number of benzene rings is 2. The zero-order valence-electron chi connectivity index (χ0n) is 14.8. The Kier molecular flexibility index (Phi) is 5.03. The molecule has 1 fully saturated rings. The first-order valence-corrected chi connectivity index (χ1v) is 9.56. The van der Waals surface area contributed by atoms with E-state index in [1.165, 1.54) is 0 Å². The summed E-state index contributed by atoms with van der Waals surface area (Å²) in [6.07, 6.45) is 0.721. The highest BCUT2D eigenvalue weighted by molar-refractivity contribution is 6.38. The summed E-state index contributed by atoms with van der Waals surface area (Å²) in [5, 5.41) is 0.819. The number of halogens is 2. The average molecular weight is 408 g/mol. The molecule has 2 aliphatic rings. The molecule has 2 aromatic carbocycles. The topological polar surface area (TPSA) is 48.0 Å². The molecule has 0 N–H and O–H groups in total. The van der Waals surface area contributed by atoms with Crippen LogP contribution in [0.1, 0.15) is 17.5 Å². The van der Waals surface area contributed by atoms with E-state index in [0.29, 0.717) is 47.7 Å². The van der Waals surface area contributed by atoms with Gasteiger partial charge in [0, 0.05) is 0 Å². The van der Waals surface area contributed by atoms with Gasteiger partial charge in [-0.05, 0) is 43.2 Å². The van der Waals surface area contributed by atoms with Crippen LogP contribution in [0, 0.1) is 6.92 Å². The summed E-state index contributed by atoms with van der Waals surface area (Å²) in [6, 6.07) is 11.1. The lowest BCUT2D eigenvalue weighted by atomic mass is 10.1. The van der Waals surface area contributed by atoms with Crippen molar-refractivity contribution in [3.05, 3.63) is 57.6 Å². The number of aryl methyl sites for hydroxylation is 1. The van der Waals surface area contributed by atoms with Crippen LogP contribution in [0.2, 0.25) is 10.0 Å². The Hall–Kier alpha value is -1.79. The van der Waals surface area contributed by atoms with Crippen molar-refractivity contribution in [1.82, 2.24) is 0 Å². The third-order valence-electron chi connectivity index (χ3n) is 4.68. The average Bonchev–Trinajstić information content (AvgIpc) is 2.89. The summed E-state index contributed by atoms with van der Waals surface area (Å²) in [5.41, 5.74) is 2.12. The molecule has 2 aliphatic heterocycles. The van der Waals surface area contributed by atoms with Gasteiger partial charge in [0.15, 0.2) is 0 Å². The molecule has 0 aromatic heterocycles. The van der Waals surface area contributed by atoms with Gasteiger partial charge >= 0.3 is 0 Å². The van der Waals surface area contributed by atoms with Gasteiger partial charge in [-0.2, -0.15) is 0 Å². The zero-order chi connectivity index (χ0) is 19.0. The number of anilines is 1. The molecule has 0 atom stereocenters. The lowest BCUT2D eigenvalue weighted by Crippen LogP contribution is -2.48. The number of nitrogens with zero attached hydrogens (tertiary/aromatic N) is 1. The first-order chi connectivity index (χ1) is 13.0. The van der Waals surface area contributed by atoms with Crippen LogP contribution in [-0.2, 0) is 20.1 Å². The first-order valence-electron chi connectivity index (χ1n) is 8.81. The molecule has 0 bridgehead atoms. The molecule has 1 saturated heterocycles. The van der Waals surface area contributed by atoms with Gasteiger partial charge in [-0.15, -0.1) is 0 Å². The monoisotopic (exact) mass is 407 g/mol. The summed E-state index contributed by atoms with van der Waals surface area (Å²) in [4.78, 5) is 14.8. The van der Waals surface area contributed by atoms with Crippen LogP contribution in [-0.4, -0.2) is 32.3 Å². The van der Waals surface area contributed by atoms with Gasteiger partial charge in [-0.1, -0.05) is 35.3 Å². The maximum Gasteiger partial charge on any atom is 0.292 e. The molecule has 5 nitrogen and oxygen atoms in total. The Morgan fingerprint density at radius 1 is 1.15 bits per heavy atom. The van der Waals surface area contributed by atoms with Crippen molar-refractivity contribution in [2.45, 2.75) is 19.1 Å². The largest absolute Gasteiger partial charge is 0.492 e. The Balaban J connectivity index is 1.62. The van der Waals surface area contributed by atoms with Crippen molar-refractivity contribution in [1.29, 1.82) is 0 Å². The molecule has 2 heterocycles. The van der Waals surface area contributed by atoms with Crippen molar-refractivity contribution in [2.24, 2.45) is 0 Å². The number of rotatable bonds is 4. The molecule has 2 aromatic rings. The molecule has 7 heteroatoms. The van der Waals surface area contributed by atoms with Gasteiger partial charge in [0.05, 0.1) is 41.1 Å². The summed E-state index contributed by atoms with van der Waals surface area (Å²) in [7, 11) is 0. The van der Waals surface area contributed by atoms with Crippen LogP contribution >= 0.6 is 23.2 Å². The standard InChI is InChI=1S/C20H19Cl2NO4/c1-13-4-2-5-14(12-13)25-11-8-23-18-16(22)7-6-15(21)17(18)20(19(23)24)26-9-3-10-27-20/h2,4-7,12H,3,8-11H2,1H3. The molecule has 0 aliphatic carbocycles. The number of ether oxygens (including phenoxy) is 3. The van der Waals surface area contributed by atoms with Crippen LogP contribution in [0.5, 0.6) is 5.75 Å². The highest BCUT2D eigenvalue weighted by Gasteiger charge is 2.56. The van der Waals surface area contributed by atoms with Crippen LogP contribution in [0.25, 0.3) is 0 Å². The summed E-state index contributed by atoms with van der Waals surface area (Å²) < 4.78 is 17.4. The van der Waals surface area contributed by atoms with E-state index in [0.717, 1.165) is 17.7 Å². The predicted molar refractivity (Wildman–Crippen MR) is 104 cm³/mol. The van der Waals surface area contributed by atoms with Gasteiger partial charge in [-0.25, -0.2) is 0 Å². The molecule has 142 valence electrons. The lowest BCUT2D eigenvalue weighted by molar-refractivity contribution is -0.256. The summed E-state index contributed by atoms with van der Waals surface area (Å²) in [5.74, 6) is -1.09. The quantitative estimate of drug-likeness (QED) is 0.756. The maximum absolute atomic E-state index is 13.2. The van der Waals surface area contributed by atoms with E-state index in [2.05, 4.69) is 0 Å². The summed E-state index contributed by atoms with van der Waals surface area (Å²) >= 11 is 12.8. The Bertz CT molecular complexity index is 880. The van der Waals surface area contributed by atoms with Crippen molar-refractivity contribution in [3.8, 4) is 5.75 Å². The highest BCUT2D eigenvalue weighted by atomic mass is 35.5. The van der Waals surface area contributed by atoms with Crippen molar-refractivity contribution in [2.75, 3.05) is 31.3 Å². The van der Waals surface area contributed by atoms with E-state index >= 15 is 0 Å². The van der Waals surface area contributed by atoms with Crippen LogP contribution in [0.3, 0.4) is 0 Å². The minimum absolute atomic E-state index is 0.299. The van der Waals surface area contributed by atoms with Gasteiger partial charge < -0.3 is 19.1 Å². The fourth-order valence-electron chi connectivity index (χ4n) is 3.48. The number of carbonyl (C=O) groups excluding carboxylic acids is 1. The van der Waals surface area contributed by atoms with E-state index in [1.54, 1.807) is 17.0 Å². The third-order valence-corrected chi connectivity index (χ3v) is 5.30. The van der Waals surface area contributed by atoms with Crippen molar-refractivity contribution < 1.29 is 19.0 Å². The smallest absolute Gasteiger partial charge is 0.292 e. The van der Waals surface area contributed by atoms with Crippen LogP contribution in [0.4, 0.5) is 5.69 Å². The number of carbonyl (C=O) groups is 1. The van der Waals surface area contributed by atoms with Crippen molar-refractivity contribution in [3.63, 3.8) is 0 Å². The number of hydrogen-bond acceptors (Lipinski definition) is 4. The Labute approximate surface area is 167 Å². The Morgan fingerprint density at radius 2 is 1.89 bits per heavy atom. The maximum atomic E-state index is 13.2. The van der Waals surface area contributed by atoms with Crippen LogP contribution in [0.15, 0.2) is 36.4 Å². The molecule has 0 saturated carbocycles. The fraction of sp³-hybridized carbons (Fsp3) is 0.350. The summed E-state index contributed by atoms with van der Waals surface area (Å²) in [6.45, 7) is 3.43. The van der Waals surface area contributed by atoms with Crippen LogP contribution < -0.4 is 9.64 Å². The van der Waals surface area contributed by atoms with Gasteiger partial charge in [0.1, 0.15) is 12.4 Å². The highest BCUT2D eigenvalue weighted by Crippen LogP contribution is 2.51. The van der Waals surface area contributed by atoms with E-state index in [-0.39, 0.29) is 5.91 Å². The van der Waals surface area contributed by atoms with E-state index < -0.39 is 5.79 Å². The SMILES string of the molecule is Cc1cccc(OCCN2C(=O)C3(OCCCO3)c3c(Cl)ccc(Cl)c32)c1. The third kappa shape index (κ3) is 3.19. The molecular formula is C20H19Cl2NO4. The minimum Gasteiger partial charge on any atom is -0.492 e. The number of amides is 1. The van der Waals surface area contributed by atoms with E-state index in [9.17, 15) is 4.79 Å². The van der Waals surface area contributed by atoms with E-state index in [4.69, 9.17) is 37.4 Å². The fourth-order valence-corrected chi connectivity index (χ4v) is 4.01.